The van der Waals surface area contributed by atoms with E-state index in [4.69, 9.17) is 14.2 Å². The van der Waals surface area contributed by atoms with Gasteiger partial charge in [-0.1, -0.05) is 13.0 Å². The van der Waals surface area contributed by atoms with Crippen molar-refractivity contribution >= 4 is 17.6 Å². The lowest BCUT2D eigenvalue weighted by Crippen LogP contribution is -2.22. The molecule has 7 nitrogen and oxygen atoms in total. The standard InChI is InChI=1S/C21H25NO6/c1-13(7-14-5-6-18(27-3)19(10-14)28-4)20(23)22-17-9-15(12-26-2)8-16(11-17)21(24)25/h5-6,8-11,13H,7,12H2,1-4H3,(H,22,23)(H,24,25). The van der Waals surface area contributed by atoms with Crippen LogP contribution in [-0.2, 0) is 22.6 Å². The summed E-state index contributed by atoms with van der Waals surface area (Å²) in [5.41, 5.74) is 2.12. The van der Waals surface area contributed by atoms with Crippen LogP contribution in [0.5, 0.6) is 11.5 Å². The number of amides is 1. The molecular weight excluding hydrogens is 362 g/mol. The van der Waals surface area contributed by atoms with Crippen LogP contribution in [0, 0.1) is 5.92 Å². The highest BCUT2D eigenvalue weighted by atomic mass is 16.5. The molecular formula is C21H25NO6. The Labute approximate surface area is 164 Å². The zero-order chi connectivity index (χ0) is 20.7. The van der Waals surface area contributed by atoms with Gasteiger partial charge in [0.15, 0.2) is 11.5 Å². The average Bonchev–Trinajstić information content (AvgIpc) is 2.67. The van der Waals surface area contributed by atoms with Gasteiger partial charge in [-0.15, -0.1) is 0 Å². The van der Waals surface area contributed by atoms with Crippen molar-refractivity contribution in [1.29, 1.82) is 0 Å². The number of methoxy groups -OCH3 is 3. The first-order valence-electron chi connectivity index (χ1n) is 8.75. The number of hydrogen-bond donors (Lipinski definition) is 2. The van der Waals surface area contributed by atoms with E-state index in [0.29, 0.717) is 29.2 Å². The Morgan fingerprint density at radius 2 is 1.71 bits per heavy atom. The van der Waals surface area contributed by atoms with E-state index in [1.165, 1.54) is 19.2 Å². The van der Waals surface area contributed by atoms with Crippen LogP contribution in [0.3, 0.4) is 0 Å². The maximum absolute atomic E-state index is 12.6. The lowest BCUT2D eigenvalue weighted by molar-refractivity contribution is -0.119. The van der Waals surface area contributed by atoms with E-state index in [2.05, 4.69) is 5.32 Å². The van der Waals surface area contributed by atoms with Gasteiger partial charge in [-0.3, -0.25) is 4.79 Å². The molecule has 2 N–H and O–H groups in total. The molecule has 28 heavy (non-hydrogen) atoms. The number of ether oxygens (including phenoxy) is 3. The normalized spacial score (nSPS) is 11.6. The highest BCUT2D eigenvalue weighted by Crippen LogP contribution is 2.28. The third-order valence-corrected chi connectivity index (χ3v) is 4.26. The van der Waals surface area contributed by atoms with Crippen molar-refractivity contribution in [3.05, 3.63) is 53.1 Å². The molecule has 0 heterocycles. The summed E-state index contributed by atoms with van der Waals surface area (Å²) in [6, 6.07) is 10.2. The smallest absolute Gasteiger partial charge is 0.335 e. The van der Waals surface area contributed by atoms with Crippen LogP contribution in [0.25, 0.3) is 0 Å². The molecule has 1 atom stereocenters. The molecule has 0 saturated heterocycles. The number of carbonyl (C=O) groups excluding carboxylic acids is 1. The van der Waals surface area contributed by atoms with Gasteiger partial charge in [0.1, 0.15) is 0 Å². The van der Waals surface area contributed by atoms with Crippen LogP contribution >= 0.6 is 0 Å². The Bertz CT molecular complexity index is 849. The highest BCUT2D eigenvalue weighted by Gasteiger charge is 2.16. The van der Waals surface area contributed by atoms with Crippen molar-refractivity contribution in [3.8, 4) is 11.5 Å². The first kappa shape index (κ1) is 21.2. The first-order valence-corrected chi connectivity index (χ1v) is 8.75. The summed E-state index contributed by atoms with van der Waals surface area (Å²) in [6.45, 7) is 2.06. The molecule has 0 aromatic heterocycles. The largest absolute Gasteiger partial charge is 0.493 e. The van der Waals surface area contributed by atoms with E-state index >= 15 is 0 Å². The monoisotopic (exact) mass is 387 g/mol. The topological polar surface area (TPSA) is 94.1 Å². The minimum atomic E-state index is -1.06. The van der Waals surface area contributed by atoms with Crippen LogP contribution in [0.2, 0.25) is 0 Å². The second kappa shape index (κ2) is 9.75. The van der Waals surface area contributed by atoms with Gasteiger partial charge in [0, 0.05) is 18.7 Å². The Morgan fingerprint density at radius 3 is 2.32 bits per heavy atom. The van der Waals surface area contributed by atoms with Crippen LogP contribution in [0.1, 0.15) is 28.4 Å². The Kier molecular flexibility index (Phi) is 7.40. The maximum atomic E-state index is 12.6. The highest BCUT2D eigenvalue weighted by molar-refractivity contribution is 5.95. The number of nitrogens with one attached hydrogen (secondary N) is 1. The van der Waals surface area contributed by atoms with Gasteiger partial charge in [0.05, 0.1) is 26.4 Å². The lowest BCUT2D eigenvalue weighted by atomic mass is 9.99. The fraction of sp³-hybridized carbons (Fsp3) is 0.333. The number of aromatic carboxylic acids is 1. The molecule has 0 aliphatic carbocycles. The SMILES string of the molecule is COCc1cc(NC(=O)C(C)Cc2ccc(OC)c(OC)c2)cc(C(=O)O)c1. The first-order chi connectivity index (χ1) is 13.4. The number of carboxylic acids is 1. The molecule has 1 amide bonds. The molecule has 0 fully saturated rings. The number of rotatable bonds is 9. The summed E-state index contributed by atoms with van der Waals surface area (Å²) in [5, 5.41) is 12.0. The van der Waals surface area contributed by atoms with Crippen molar-refractivity contribution in [2.45, 2.75) is 20.0 Å². The summed E-state index contributed by atoms with van der Waals surface area (Å²) >= 11 is 0. The van der Waals surface area contributed by atoms with Crippen LogP contribution in [-0.4, -0.2) is 38.3 Å². The van der Waals surface area contributed by atoms with Crippen LogP contribution < -0.4 is 14.8 Å². The predicted molar refractivity (Wildman–Crippen MR) is 105 cm³/mol. The molecule has 150 valence electrons. The van der Waals surface area contributed by atoms with Gasteiger partial charge in [0.2, 0.25) is 5.91 Å². The van der Waals surface area contributed by atoms with Gasteiger partial charge in [0.25, 0.3) is 0 Å². The van der Waals surface area contributed by atoms with Gasteiger partial charge in [-0.25, -0.2) is 4.79 Å². The maximum Gasteiger partial charge on any atom is 0.335 e. The fourth-order valence-corrected chi connectivity index (χ4v) is 2.86. The summed E-state index contributed by atoms with van der Waals surface area (Å²) in [4.78, 5) is 23.9. The van der Waals surface area contributed by atoms with Crippen molar-refractivity contribution < 1.29 is 28.9 Å². The van der Waals surface area contributed by atoms with E-state index in [1.807, 2.05) is 19.1 Å². The molecule has 1 unspecified atom stereocenters. The molecule has 2 aromatic rings. The molecule has 7 heteroatoms. The third-order valence-electron chi connectivity index (χ3n) is 4.26. The van der Waals surface area contributed by atoms with Crippen LogP contribution in [0.15, 0.2) is 36.4 Å². The summed E-state index contributed by atoms with van der Waals surface area (Å²) in [6.07, 6.45) is 0.496. The van der Waals surface area contributed by atoms with Gasteiger partial charge in [-0.05, 0) is 47.9 Å². The minimum absolute atomic E-state index is 0.0948. The van der Waals surface area contributed by atoms with E-state index in [1.54, 1.807) is 26.4 Å². The Morgan fingerprint density at radius 1 is 1.00 bits per heavy atom. The zero-order valence-electron chi connectivity index (χ0n) is 16.4. The number of hydrogen-bond acceptors (Lipinski definition) is 5. The molecule has 0 saturated carbocycles. The molecule has 0 aliphatic heterocycles. The lowest BCUT2D eigenvalue weighted by Gasteiger charge is -2.15. The summed E-state index contributed by atoms with van der Waals surface area (Å²) < 4.78 is 15.6. The van der Waals surface area contributed by atoms with E-state index < -0.39 is 5.97 Å². The van der Waals surface area contributed by atoms with Crippen molar-refractivity contribution in [3.63, 3.8) is 0 Å². The minimum Gasteiger partial charge on any atom is -0.493 e. The molecule has 0 aliphatic rings. The second-order valence-electron chi connectivity index (χ2n) is 6.44. The second-order valence-corrected chi connectivity index (χ2v) is 6.44. The molecule has 2 aromatic carbocycles. The van der Waals surface area contributed by atoms with Crippen molar-refractivity contribution in [1.82, 2.24) is 0 Å². The third kappa shape index (κ3) is 5.47. The van der Waals surface area contributed by atoms with Gasteiger partial charge >= 0.3 is 5.97 Å². The van der Waals surface area contributed by atoms with E-state index in [9.17, 15) is 14.7 Å². The van der Waals surface area contributed by atoms with Gasteiger partial charge < -0.3 is 24.6 Å². The average molecular weight is 387 g/mol. The molecule has 0 radical (unpaired) electrons. The number of anilines is 1. The Hall–Kier alpha value is -3.06. The van der Waals surface area contributed by atoms with Crippen LogP contribution in [0.4, 0.5) is 5.69 Å². The van der Waals surface area contributed by atoms with Crippen molar-refractivity contribution in [2.24, 2.45) is 5.92 Å². The fourth-order valence-electron chi connectivity index (χ4n) is 2.86. The molecule has 2 rings (SSSR count). The zero-order valence-corrected chi connectivity index (χ0v) is 16.4. The van der Waals surface area contributed by atoms with E-state index in [-0.39, 0.29) is 24.0 Å². The summed E-state index contributed by atoms with van der Waals surface area (Å²) in [7, 11) is 4.65. The molecule has 0 bridgehead atoms. The Balaban J connectivity index is 2.13. The summed E-state index contributed by atoms with van der Waals surface area (Å²) in [5.74, 6) is -0.379. The number of benzene rings is 2. The predicted octanol–water partition coefficient (Wildman–Crippen LogP) is 3.37. The van der Waals surface area contributed by atoms with E-state index in [0.717, 1.165) is 5.56 Å². The molecule has 0 spiro atoms. The number of carbonyl (C=O) groups is 2. The van der Waals surface area contributed by atoms with Crippen molar-refractivity contribution in [2.75, 3.05) is 26.6 Å². The number of carboxylic acid groups (broad SMARTS) is 1. The quantitative estimate of drug-likeness (QED) is 0.685. The van der Waals surface area contributed by atoms with Gasteiger partial charge in [-0.2, -0.15) is 0 Å².